The Morgan fingerprint density at radius 1 is 1.38 bits per heavy atom. The van der Waals surface area contributed by atoms with Gasteiger partial charge in [0.2, 0.25) is 0 Å². The summed E-state index contributed by atoms with van der Waals surface area (Å²) in [5.41, 5.74) is 2.65. The van der Waals surface area contributed by atoms with Crippen LogP contribution >= 0.6 is 0 Å². The summed E-state index contributed by atoms with van der Waals surface area (Å²) in [6.45, 7) is 6.94. The molecule has 0 amide bonds. The zero-order valence-electron chi connectivity index (χ0n) is 13.0. The normalized spacial score (nSPS) is 13.5. The SMILES string of the molecule is CC(C)N(CCCC(=O)O)CCc1ccc2c(c1)CCO2. The first-order valence-corrected chi connectivity index (χ1v) is 7.76. The van der Waals surface area contributed by atoms with E-state index in [1.54, 1.807) is 0 Å². The van der Waals surface area contributed by atoms with Crippen LogP contribution in [0.2, 0.25) is 0 Å². The van der Waals surface area contributed by atoms with Gasteiger partial charge in [-0.2, -0.15) is 0 Å². The molecule has 21 heavy (non-hydrogen) atoms. The second-order valence-electron chi connectivity index (χ2n) is 5.92. The van der Waals surface area contributed by atoms with E-state index in [4.69, 9.17) is 9.84 Å². The molecule has 1 heterocycles. The number of benzene rings is 1. The van der Waals surface area contributed by atoms with E-state index in [9.17, 15) is 4.79 Å². The molecule has 1 aromatic rings. The minimum Gasteiger partial charge on any atom is -0.493 e. The number of hydrogen-bond acceptors (Lipinski definition) is 3. The van der Waals surface area contributed by atoms with E-state index in [2.05, 4.69) is 36.9 Å². The molecule has 1 N–H and O–H groups in total. The van der Waals surface area contributed by atoms with Crippen molar-refractivity contribution >= 4 is 5.97 Å². The van der Waals surface area contributed by atoms with Crippen LogP contribution in [0.3, 0.4) is 0 Å². The highest BCUT2D eigenvalue weighted by Crippen LogP contribution is 2.26. The van der Waals surface area contributed by atoms with Crippen LogP contribution in [0.5, 0.6) is 5.75 Å². The Bertz CT molecular complexity index is 485. The van der Waals surface area contributed by atoms with Gasteiger partial charge in [-0.3, -0.25) is 4.79 Å². The van der Waals surface area contributed by atoms with E-state index < -0.39 is 5.97 Å². The molecule has 0 bridgehead atoms. The van der Waals surface area contributed by atoms with Crippen LogP contribution < -0.4 is 4.74 Å². The van der Waals surface area contributed by atoms with Crippen molar-refractivity contribution in [3.8, 4) is 5.75 Å². The fourth-order valence-corrected chi connectivity index (χ4v) is 2.73. The fourth-order valence-electron chi connectivity index (χ4n) is 2.73. The van der Waals surface area contributed by atoms with Crippen LogP contribution in [0.15, 0.2) is 18.2 Å². The van der Waals surface area contributed by atoms with Crippen LogP contribution in [0.4, 0.5) is 0 Å². The summed E-state index contributed by atoms with van der Waals surface area (Å²) < 4.78 is 5.53. The number of nitrogens with zero attached hydrogens (tertiary/aromatic N) is 1. The molecule has 0 radical (unpaired) electrons. The summed E-state index contributed by atoms with van der Waals surface area (Å²) in [6, 6.07) is 6.90. The molecular formula is C17H25NO3. The highest BCUT2D eigenvalue weighted by molar-refractivity contribution is 5.66. The second-order valence-corrected chi connectivity index (χ2v) is 5.92. The van der Waals surface area contributed by atoms with Crippen LogP contribution in [-0.2, 0) is 17.6 Å². The lowest BCUT2D eigenvalue weighted by atomic mass is 10.1. The molecule has 0 saturated carbocycles. The van der Waals surface area contributed by atoms with E-state index in [0.717, 1.165) is 38.3 Å². The largest absolute Gasteiger partial charge is 0.493 e. The van der Waals surface area contributed by atoms with Gasteiger partial charge < -0.3 is 14.7 Å². The molecule has 4 nitrogen and oxygen atoms in total. The minimum absolute atomic E-state index is 0.249. The molecule has 116 valence electrons. The average Bonchev–Trinajstić information content (AvgIpc) is 2.89. The molecule has 0 aromatic heterocycles. The second kappa shape index (κ2) is 7.46. The Morgan fingerprint density at radius 3 is 2.90 bits per heavy atom. The summed E-state index contributed by atoms with van der Waals surface area (Å²) in [5.74, 6) is 0.318. The first kappa shape index (κ1) is 15.8. The number of hydrogen-bond donors (Lipinski definition) is 1. The highest BCUT2D eigenvalue weighted by atomic mass is 16.5. The number of fused-ring (bicyclic) bond motifs is 1. The van der Waals surface area contributed by atoms with Crippen LogP contribution in [-0.4, -0.2) is 41.7 Å². The summed E-state index contributed by atoms with van der Waals surface area (Å²) in [7, 11) is 0. The lowest BCUT2D eigenvalue weighted by molar-refractivity contribution is -0.137. The molecule has 2 rings (SSSR count). The third-order valence-electron chi connectivity index (χ3n) is 4.01. The molecule has 0 unspecified atom stereocenters. The summed E-state index contributed by atoms with van der Waals surface area (Å²) in [5, 5.41) is 8.73. The Balaban J connectivity index is 1.85. The molecule has 0 atom stereocenters. The average molecular weight is 291 g/mol. The molecule has 0 saturated heterocycles. The molecule has 4 heteroatoms. The standard InChI is InChI=1S/C17H25NO3/c1-13(2)18(9-3-4-17(19)20)10-7-14-5-6-16-15(12-14)8-11-21-16/h5-6,12-13H,3-4,7-11H2,1-2H3,(H,19,20). The Hall–Kier alpha value is -1.55. The Morgan fingerprint density at radius 2 is 2.19 bits per heavy atom. The molecule has 0 aliphatic carbocycles. The van der Waals surface area contributed by atoms with Crippen molar-refractivity contribution in [1.29, 1.82) is 0 Å². The zero-order chi connectivity index (χ0) is 15.2. The van der Waals surface area contributed by atoms with Gasteiger partial charge >= 0.3 is 5.97 Å². The molecule has 1 aliphatic rings. The van der Waals surface area contributed by atoms with Gasteiger partial charge in [0, 0.05) is 25.4 Å². The molecule has 1 aliphatic heterocycles. The number of carbonyl (C=O) groups is 1. The van der Waals surface area contributed by atoms with Crippen LogP contribution in [0.25, 0.3) is 0 Å². The Kier molecular flexibility index (Phi) is 5.62. The lowest BCUT2D eigenvalue weighted by Gasteiger charge is -2.26. The monoisotopic (exact) mass is 291 g/mol. The number of carboxylic acids is 1. The summed E-state index contributed by atoms with van der Waals surface area (Å²) in [6.07, 6.45) is 2.97. The van der Waals surface area contributed by atoms with E-state index >= 15 is 0 Å². The number of rotatable bonds is 8. The predicted molar refractivity (Wildman–Crippen MR) is 82.9 cm³/mol. The van der Waals surface area contributed by atoms with Gasteiger partial charge in [-0.15, -0.1) is 0 Å². The third-order valence-corrected chi connectivity index (χ3v) is 4.01. The van der Waals surface area contributed by atoms with E-state index in [-0.39, 0.29) is 6.42 Å². The zero-order valence-corrected chi connectivity index (χ0v) is 13.0. The number of carboxylic acid groups (broad SMARTS) is 1. The van der Waals surface area contributed by atoms with Crippen molar-refractivity contribution < 1.29 is 14.6 Å². The predicted octanol–water partition coefficient (Wildman–Crippen LogP) is 2.74. The maximum atomic E-state index is 10.6. The van der Waals surface area contributed by atoms with Crippen molar-refractivity contribution in [2.45, 2.75) is 45.6 Å². The smallest absolute Gasteiger partial charge is 0.303 e. The Labute approximate surface area is 126 Å². The highest BCUT2D eigenvalue weighted by Gasteiger charge is 2.14. The van der Waals surface area contributed by atoms with Crippen molar-refractivity contribution in [3.63, 3.8) is 0 Å². The lowest BCUT2D eigenvalue weighted by Crippen LogP contribution is -2.34. The molecule has 0 spiro atoms. The quantitative estimate of drug-likeness (QED) is 0.800. The molecule has 1 aromatic carbocycles. The number of ether oxygens (including phenoxy) is 1. The fraction of sp³-hybridized carbons (Fsp3) is 0.588. The van der Waals surface area contributed by atoms with E-state index in [0.29, 0.717) is 12.5 Å². The number of aliphatic carboxylic acids is 1. The van der Waals surface area contributed by atoms with Crippen molar-refractivity contribution in [3.05, 3.63) is 29.3 Å². The molecular weight excluding hydrogens is 266 g/mol. The van der Waals surface area contributed by atoms with Gasteiger partial charge in [-0.1, -0.05) is 12.1 Å². The topological polar surface area (TPSA) is 49.8 Å². The summed E-state index contributed by atoms with van der Waals surface area (Å²) in [4.78, 5) is 13.0. The van der Waals surface area contributed by atoms with Gasteiger partial charge in [0.05, 0.1) is 6.61 Å². The third kappa shape index (κ3) is 4.74. The first-order valence-electron chi connectivity index (χ1n) is 7.76. The van der Waals surface area contributed by atoms with Gasteiger partial charge in [-0.05, 0) is 50.4 Å². The van der Waals surface area contributed by atoms with Crippen LogP contribution in [0, 0.1) is 0 Å². The van der Waals surface area contributed by atoms with Gasteiger partial charge in [0.25, 0.3) is 0 Å². The maximum absolute atomic E-state index is 10.6. The van der Waals surface area contributed by atoms with Gasteiger partial charge in [0.15, 0.2) is 0 Å². The van der Waals surface area contributed by atoms with Crippen LogP contribution in [0.1, 0.15) is 37.8 Å². The van der Waals surface area contributed by atoms with E-state index in [1.165, 1.54) is 11.1 Å². The maximum Gasteiger partial charge on any atom is 0.303 e. The minimum atomic E-state index is -0.711. The molecule has 0 fully saturated rings. The summed E-state index contributed by atoms with van der Waals surface area (Å²) >= 11 is 0. The van der Waals surface area contributed by atoms with Gasteiger partial charge in [-0.25, -0.2) is 0 Å². The first-order chi connectivity index (χ1) is 10.1. The van der Waals surface area contributed by atoms with E-state index in [1.807, 2.05) is 0 Å². The van der Waals surface area contributed by atoms with Crippen molar-refractivity contribution in [2.24, 2.45) is 0 Å². The van der Waals surface area contributed by atoms with Crippen molar-refractivity contribution in [1.82, 2.24) is 4.90 Å². The van der Waals surface area contributed by atoms with Gasteiger partial charge in [0.1, 0.15) is 5.75 Å². The van der Waals surface area contributed by atoms with Crippen molar-refractivity contribution in [2.75, 3.05) is 19.7 Å².